The first kappa shape index (κ1) is 20.9. The molecule has 0 N–H and O–H groups in total. The SMILES string of the molecule is CC(=O)N1N=C(COc2ccc(Cl)cc2Cl)O[C@@]1(C)c1ccc(C)c([N+](=O)[O-])c1. The topological polar surface area (TPSA) is 94.3 Å². The third-order valence-electron chi connectivity index (χ3n) is 4.42. The summed E-state index contributed by atoms with van der Waals surface area (Å²) in [5, 5.41) is 17.4. The van der Waals surface area contributed by atoms with Crippen LogP contribution in [0.15, 0.2) is 41.5 Å². The van der Waals surface area contributed by atoms with E-state index in [0.29, 0.717) is 26.9 Å². The van der Waals surface area contributed by atoms with Gasteiger partial charge in [0.15, 0.2) is 6.61 Å². The van der Waals surface area contributed by atoms with E-state index in [4.69, 9.17) is 32.7 Å². The highest BCUT2D eigenvalue weighted by Crippen LogP contribution is 2.37. The number of nitro groups is 1. The number of rotatable bonds is 5. The predicted molar refractivity (Wildman–Crippen MR) is 108 cm³/mol. The molecule has 0 bridgehead atoms. The molecule has 1 amide bonds. The molecule has 0 fully saturated rings. The van der Waals surface area contributed by atoms with Crippen molar-refractivity contribution in [2.24, 2.45) is 5.10 Å². The molecule has 0 saturated carbocycles. The highest BCUT2D eigenvalue weighted by Gasteiger charge is 2.45. The van der Waals surface area contributed by atoms with E-state index in [1.165, 1.54) is 19.1 Å². The number of aryl methyl sites for hydroxylation is 1. The van der Waals surface area contributed by atoms with E-state index in [9.17, 15) is 14.9 Å². The number of nitro benzene ring substituents is 1. The number of hydrazone groups is 1. The van der Waals surface area contributed by atoms with Crippen molar-refractivity contribution in [1.82, 2.24) is 5.01 Å². The maximum absolute atomic E-state index is 12.2. The van der Waals surface area contributed by atoms with Crippen LogP contribution >= 0.6 is 23.2 Å². The fourth-order valence-corrected chi connectivity index (χ4v) is 3.40. The smallest absolute Gasteiger partial charge is 0.272 e. The Kier molecular flexibility index (Phi) is 5.68. The second kappa shape index (κ2) is 7.88. The fourth-order valence-electron chi connectivity index (χ4n) is 2.94. The second-order valence-electron chi connectivity index (χ2n) is 6.53. The quantitative estimate of drug-likeness (QED) is 0.500. The third-order valence-corrected chi connectivity index (χ3v) is 4.95. The number of ether oxygens (including phenoxy) is 2. The molecule has 0 aliphatic carbocycles. The summed E-state index contributed by atoms with van der Waals surface area (Å²) < 4.78 is 11.5. The van der Waals surface area contributed by atoms with Crippen LogP contribution in [0.2, 0.25) is 10.0 Å². The zero-order chi connectivity index (χ0) is 21.3. The van der Waals surface area contributed by atoms with Gasteiger partial charge in [-0.3, -0.25) is 14.9 Å². The molecule has 0 aromatic heterocycles. The standard InChI is InChI=1S/C19H17Cl2N3O5/c1-11-4-5-13(8-16(11)24(26)27)19(3)23(12(2)25)22-18(29-19)10-28-17-7-6-14(20)9-15(17)21/h4-9H,10H2,1-3H3/t19-/m0/s1. The molecule has 1 atom stereocenters. The lowest BCUT2D eigenvalue weighted by Gasteiger charge is -2.31. The first-order chi connectivity index (χ1) is 13.6. The molecule has 10 heteroatoms. The number of halogens is 2. The van der Waals surface area contributed by atoms with Crippen LogP contribution in [0.3, 0.4) is 0 Å². The van der Waals surface area contributed by atoms with Crippen LogP contribution in [-0.2, 0) is 15.3 Å². The summed E-state index contributed by atoms with van der Waals surface area (Å²) in [7, 11) is 0. The molecule has 1 aliphatic heterocycles. The Labute approximate surface area is 176 Å². The number of nitrogens with zero attached hydrogens (tertiary/aromatic N) is 3. The van der Waals surface area contributed by atoms with Crippen LogP contribution in [0.25, 0.3) is 0 Å². The monoisotopic (exact) mass is 437 g/mol. The molecule has 0 saturated heterocycles. The Hall–Kier alpha value is -2.84. The third kappa shape index (κ3) is 4.13. The first-order valence-corrected chi connectivity index (χ1v) is 9.28. The van der Waals surface area contributed by atoms with Crippen LogP contribution in [0, 0.1) is 17.0 Å². The van der Waals surface area contributed by atoms with Crippen molar-refractivity contribution in [1.29, 1.82) is 0 Å². The van der Waals surface area contributed by atoms with Gasteiger partial charge in [-0.05, 0) is 25.1 Å². The van der Waals surface area contributed by atoms with Gasteiger partial charge in [-0.25, -0.2) is 0 Å². The van der Waals surface area contributed by atoms with E-state index in [0.717, 1.165) is 5.01 Å². The van der Waals surface area contributed by atoms with Crippen molar-refractivity contribution in [2.75, 3.05) is 6.61 Å². The second-order valence-corrected chi connectivity index (χ2v) is 7.37. The molecule has 0 radical (unpaired) electrons. The summed E-state index contributed by atoms with van der Waals surface area (Å²) in [5.74, 6) is 0.100. The predicted octanol–water partition coefficient (Wildman–Crippen LogP) is 4.65. The number of carbonyl (C=O) groups is 1. The van der Waals surface area contributed by atoms with E-state index in [2.05, 4.69) is 5.10 Å². The van der Waals surface area contributed by atoms with E-state index in [1.54, 1.807) is 38.1 Å². The Morgan fingerprint density at radius 3 is 2.66 bits per heavy atom. The zero-order valence-corrected chi connectivity index (χ0v) is 17.3. The van der Waals surface area contributed by atoms with Crippen LogP contribution in [-0.4, -0.2) is 28.3 Å². The molecular formula is C19H17Cl2N3O5. The van der Waals surface area contributed by atoms with Crippen LogP contribution in [0.5, 0.6) is 5.75 Å². The van der Waals surface area contributed by atoms with Gasteiger partial charge in [-0.1, -0.05) is 35.3 Å². The Morgan fingerprint density at radius 2 is 2.03 bits per heavy atom. The van der Waals surface area contributed by atoms with Gasteiger partial charge in [-0.2, -0.15) is 5.01 Å². The maximum Gasteiger partial charge on any atom is 0.272 e. The molecule has 3 rings (SSSR count). The molecule has 0 spiro atoms. The summed E-state index contributed by atoms with van der Waals surface area (Å²) in [6.45, 7) is 4.46. The molecule has 2 aromatic rings. The average Bonchev–Trinajstić information content (AvgIpc) is 2.99. The van der Waals surface area contributed by atoms with Gasteiger partial charge >= 0.3 is 0 Å². The van der Waals surface area contributed by atoms with Gasteiger partial charge < -0.3 is 9.47 Å². The minimum Gasteiger partial charge on any atom is -0.482 e. The Balaban J connectivity index is 1.87. The van der Waals surface area contributed by atoms with Crippen LogP contribution in [0.1, 0.15) is 25.0 Å². The van der Waals surface area contributed by atoms with Gasteiger partial charge in [0, 0.05) is 36.1 Å². The molecule has 8 nitrogen and oxygen atoms in total. The summed E-state index contributed by atoms with van der Waals surface area (Å²) in [5.41, 5.74) is -0.523. The van der Waals surface area contributed by atoms with Crippen LogP contribution < -0.4 is 4.74 Å². The summed E-state index contributed by atoms with van der Waals surface area (Å²) in [6, 6.07) is 9.40. The van der Waals surface area contributed by atoms with E-state index in [-0.39, 0.29) is 18.2 Å². The molecule has 152 valence electrons. The highest BCUT2D eigenvalue weighted by molar-refractivity contribution is 6.35. The number of hydrogen-bond donors (Lipinski definition) is 0. The number of benzene rings is 2. The maximum atomic E-state index is 12.2. The minimum atomic E-state index is -1.35. The summed E-state index contributed by atoms with van der Waals surface area (Å²) >= 11 is 12.0. The van der Waals surface area contributed by atoms with Crippen molar-refractivity contribution in [3.8, 4) is 5.75 Å². The number of carbonyl (C=O) groups excluding carboxylic acids is 1. The lowest BCUT2D eigenvalue weighted by Crippen LogP contribution is -2.41. The van der Waals surface area contributed by atoms with Crippen molar-refractivity contribution in [3.63, 3.8) is 0 Å². The molecular weight excluding hydrogens is 421 g/mol. The van der Waals surface area contributed by atoms with Gasteiger partial charge in [-0.15, -0.1) is 5.10 Å². The lowest BCUT2D eigenvalue weighted by atomic mass is 10.0. The average molecular weight is 438 g/mol. The fraction of sp³-hybridized carbons (Fsp3) is 0.263. The van der Waals surface area contributed by atoms with Crippen LogP contribution in [0.4, 0.5) is 5.69 Å². The van der Waals surface area contributed by atoms with E-state index >= 15 is 0 Å². The molecule has 1 aliphatic rings. The van der Waals surface area contributed by atoms with Crippen molar-refractivity contribution < 1.29 is 19.2 Å². The van der Waals surface area contributed by atoms with E-state index < -0.39 is 16.6 Å². The molecule has 0 unspecified atom stereocenters. The summed E-state index contributed by atoms with van der Waals surface area (Å²) in [4.78, 5) is 23.0. The van der Waals surface area contributed by atoms with Gasteiger partial charge in [0.1, 0.15) is 5.75 Å². The van der Waals surface area contributed by atoms with Gasteiger partial charge in [0.05, 0.1) is 9.95 Å². The molecule has 1 heterocycles. The minimum absolute atomic E-state index is 0.0755. The number of hydrogen-bond acceptors (Lipinski definition) is 6. The normalized spacial score (nSPS) is 18.2. The molecule has 29 heavy (non-hydrogen) atoms. The Morgan fingerprint density at radius 1 is 1.31 bits per heavy atom. The van der Waals surface area contributed by atoms with E-state index in [1.807, 2.05) is 0 Å². The van der Waals surface area contributed by atoms with Crippen molar-refractivity contribution in [3.05, 3.63) is 67.7 Å². The van der Waals surface area contributed by atoms with Crippen molar-refractivity contribution >= 4 is 40.7 Å². The van der Waals surface area contributed by atoms with Crippen molar-refractivity contribution in [2.45, 2.75) is 26.5 Å². The zero-order valence-electron chi connectivity index (χ0n) is 15.8. The Bertz CT molecular complexity index is 1030. The van der Waals surface area contributed by atoms with Gasteiger partial charge in [0.25, 0.3) is 5.69 Å². The van der Waals surface area contributed by atoms with Gasteiger partial charge in [0.2, 0.25) is 17.5 Å². The first-order valence-electron chi connectivity index (χ1n) is 8.52. The largest absolute Gasteiger partial charge is 0.482 e. The summed E-state index contributed by atoms with van der Waals surface area (Å²) in [6.07, 6.45) is 0. The number of amides is 1. The lowest BCUT2D eigenvalue weighted by molar-refractivity contribution is -0.385. The highest BCUT2D eigenvalue weighted by atomic mass is 35.5. The molecule has 2 aromatic carbocycles.